The van der Waals surface area contributed by atoms with Gasteiger partial charge in [-0.05, 0) is 27.7 Å². The molecule has 7 heteroatoms. The molecule has 27 heavy (non-hydrogen) atoms. The fourth-order valence-corrected chi connectivity index (χ4v) is 5.85. The summed E-state index contributed by atoms with van der Waals surface area (Å²) < 4.78 is 37.3. The van der Waals surface area contributed by atoms with Crippen molar-refractivity contribution in [2.45, 2.75) is 120 Å². The lowest BCUT2D eigenvalue weighted by Gasteiger charge is -2.53. The molecule has 0 aliphatic carbocycles. The van der Waals surface area contributed by atoms with Crippen LogP contribution >= 0.6 is 0 Å². The van der Waals surface area contributed by atoms with Gasteiger partial charge in [-0.25, -0.2) is 0 Å². The van der Waals surface area contributed by atoms with E-state index in [0.29, 0.717) is 25.2 Å². The van der Waals surface area contributed by atoms with E-state index in [4.69, 9.17) is 28.3 Å². The molecule has 5 fully saturated rings. The predicted molar refractivity (Wildman–Crippen MR) is 99.4 cm³/mol. The fraction of sp³-hybridized carbons (Fsp3) is 1.00. The zero-order valence-electron chi connectivity index (χ0n) is 17.0. The third kappa shape index (κ3) is 3.49. The number of fused-ring (bicyclic) bond motifs is 3. The molecule has 5 atom stereocenters. The highest BCUT2D eigenvalue weighted by atomic mass is 16.8. The summed E-state index contributed by atoms with van der Waals surface area (Å²) in [4.78, 5) is 0. The van der Waals surface area contributed by atoms with Crippen LogP contribution in [0.25, 0.3) is 0 Å². The molecule has 0 unspecified atom stereocenters. The Labute approximate surface area is 162 Å². The third-order valence-corrected chi connectivity index (χ3v) is 6.97. The SMILES string of the molecule is CC1(C)O[C@H]2O[C@H]([C@H]3COC(C)(C)O3)[C@H](O[B-]3C4CCCC3CCC4)[C@H]2O1. The van der Waals surface area contributed by atoms with Crippen LogP contribution in [0.4, 0.5) is 0 Å². The minimum atomic E-state index is -0.642. The summed E-state index contributed by atoms with van der Waals surface area (Å²) in [5.41, 5.74) is 0. The van der Waals surface area contributed by atoms with E-state index in [9.17, 15) is 0 Å². The first-order valence-electron chi connectivity index (χ1n) is 10.8. The Morgan fingerprint density at radius 2 is 1.48 bits per heavy atom. The molecule has 5 rings (SSSR count). The lowest BCUT2D eigenvalue weighted by molar-refractivity contribution is -0.230. The van der Waals surface area contributed by atoms with Gasteiger partial charge in [0.05, 0.1) is 12.7 Å². The van der Waals surface area contributed by atoms with Gasteiger partial charge in [-0.2, -0.15) is 11.6 Å². The van der Waals surface area contributed by atoms with Crippen LogP contribution in [-0.4, -0.2) is 55.8 Å². The van der Waals surface area contributed by atoms with Crippen molar-refractivity contribution in [3.05, 3.63) is 0 Å². The fourth-order valence-electron chi connectivity index (χ4n) is 5.85. The van der Waals surface area contributed by atoms with Gasteiger partial charge in [-0.1, -0.05) is 38.5 Å². The van der Waals surface area contributed by atoms with E-state index in [1.807, 2.05) is 27.7 Å². The number of hydrogen-bond acceptors (Lipinski definition) is 6. The lowest BCUT2D eigenvalue weighted by atomic mass is 9.38. The van der Waals surface area contributed by atoms with Crippen molar-refractivity contribution in [2.24, 2.45) is 0 Å². The summed E-state index contributed by atoms with van der Waals surface area (Å²) in [6.07, 6.45) is 6.65. The molecule has 0 aromatic carbocycles. The second kappa shape index (κ2) is 6.68. The highest BCUT2D eigenvalue weighted by Gasteiger charge is 2.58. The maximum Gasteiger partial charge on any atom is 0.190 e. The summed E-state index contributed by atoms with van der Waals surface area (Å²) in [6, 6.07) is 0. The molecule has 1 radical (unpaired) electrons. The van der Waals surface area contributed by atoms with Gasteiger partial charge in [-0.3, -0.25) is 0 Å². The highest BCUT2D eigenvalue weighted by Crippen LogP contribution is 2.49. The molecule has 6 nitrogen and oxygen atoms in total. The van der Waals surface area contributed by atoms with Crippen molar-refractivity contribution in [3.8, 4) is 0 Å². The minimum absolute atomic E-state index is 0.158. The molecular weight excluding hydrogens is 347 g/mol. The Bertz CT molecular complexity index is 547. The maximum atomic E-state index is 6.85. The lowest BCUT2D eigenvalue weighted by Crippen LogP contribution is -2.49. The first-order chi connectivity index (χ1) is 12.8. The summed E-state index contributed by atoms with van der Waals surface area (Å²) in [5.74, 6) is 0.115. The van der Waals surface area contributed by atoms with Gasteiger partial charge in [0.2, 0.25) is 0 Å². The van der Waals surface area contributed by atoms with Crippen LogP contribution in [0.5, 0.6) is 0 Å². The van der Waals surface area contributed by atoms with Crippen molar-refractivity contribution < 1.29 is 28.3 Å². The van der Waals surface area contributed by atoms with Gasteiger partial charge >= 0.3 is 0 Å². The summed E-state index contributed by atoms with van der Waals surface area (Å²) >= 11 is 0. The van der Waals surface area contributed by atoms with Gasteiger partial charge in [0.15, 0.2) is 17.9 Å². The predicted octanol–water partition coefficient (Wildman–Crippen LogP) is 3.50. The van der Waals surface area contributed by atoms with Crippen LogP contribution in [0.3, 0.4) is 0 Å². The number of hydrogen-bond donors (Lipinski definition) is 0. The van der Waals surface area contributed by atoms with Crippen molar-refractivity contribution in [1.29, 1.82) is 0 Å². The van der Waals surface area contributed by atoms with Crippen molar-refractivity contribution >= 4 is 6.92 Å². The van der Waals surface area contributed by atoms with Gasteiger partial charge in [0.1, 0.15) is 18.3 Å². The van der Waals surface area contributed by atoms with Gasteiger partial charge in [0.25, 0.3) is 0 Å². The molecule has 0 amide bonds. The van der Waals surface area contributed by atoms with Crippen LogP contribution in [0.1, 0.15) is 66.2 Å². The minimum Gasteiger partial charge on any atom is -0.616 e. The molecule has 5 aliphatic heterocycles. The molecule has 2 bridgehead atoms. The maximum absolute atomic E-state index is 6.85. The summed E-state index contributed by atoms with van der Waals surface area (Å²) in [7, 11) is 0. The average molecular weight is 380 g/mol. The zero-order chi connectivity index (χ0) is 18.8. The standard InChI is InChI=1S/C20H33BO6/c1-19(2)22-11-14(24-19)15-16(17-18(23-15)26-20(3,4)25-17)27-21-12-7-5-8-13(21)10-6-9-12/h12-18H,5-11H2,1-4H3/q-1/t12?,13?,14-,15-,16+,17-,18-/m1/s1. The van der Waals surface area contributed by atoms with E-state index in [0.717, 1.165) is 0 Å². The summed E-state index contributed by atoms with van der Waals surface area (Å²) in [5, 5.41) is 0. The van der Waals surface area contributed by atoms with Crippen LogP contribution in [-0.2, 0) is 28.3 Å². The smallest absolute Gasteiger partial charge is 0.190 e. The molecule has 0 spiro atoms. The van der Waals surface area contributed by atoms with E-state index in [1.54, 1.807) is 0 Å². The molecule has 5 saturated heterocycles. The first-order valence-corrected chi connectivity index (χ1v) is 10.8. The molecule has 5 aliphatic rings. The first kappa shape index (κ1) is 18.8. The monoisotopic (exact) mass is 380 g/mol. The zero-order valence-corrected chi connectivity index (χ0v) is 17.0. The van der Waals surface area contributed by atoms with Crippen molar-refractivity contribution in [1.82, 2.24) is 0 Å². The van der Waals surface area contributed by atoms with Gasteiger partial charge < -0.3 is 28.3 Å². The van der Waals surface area contributed by atoms with Crippen LogP contribution in [0.2, 0.25) is 11.6 Å². The van der Waals surface area contributed by atoms with E-state index in [1.165, 1.54) is 38.5 Å². The number of ether oxygens (including phenoxy) is 5. The molecule has 5 heterocycles. The Hall–Kier alpha value is -0.175. The van der Waals surface area contributed by atoms with Crippen molar-refractivity contribution in [3.63, 3.8) is 0 Å². The second-order valence-corrected chi connectivity index (χ2v) is 9.88. The topological polar surface area (TPSA) is 55.4 Å². The largest absolute Gasteiger partial charge is 0.616 e. The van der Waals surface area contributed by atoms with E-state index < -0.39 is 17.9 Å². The Morgan fingerprint density at radius 1 is 0.815 bits per heavy atom. The molecule has 0 aromatic rings. The van der Waals surface area contributed by atoms with E-state index >= 15 is 0 Å². The summed E-state index contributed by atoms with van der Waals surface area (Å²) in [6.45, 7) is 8.59. The van der Waals surface area contributed by atoms with Crippen LogP contribution in [0, 0.1) is 0 Å². The Kier molecular flexibility index (Phi) is 4.66. The van der Waals surface area contributed by atoms with E-state index in [-0.39, 0.29) is 24.4 Å². The quantitative estimate of drug-likeness (QED) is 0.699. The normalized spacial score (nSPS) is 48.7. The number of rotatable bonds is 3. The van der Waals surface area contributed by atoms with Gasteiger partial charge in [-0.15, -0.1) is 0 Å². The van der Waals surface area contributed by atoms with Gasteiger partial charge in [0, 0.05) is 6.92 Å². The van der Waals surface area contributed by atoms with Crippen molar-refractivity contribution in [2.75, 3.05) is 6.61 Å². The third-order valence-electron chi connectivity index (χ3n) is 6.97. The molecule has 0 N–H and O–H groups in total. The second-order valence-electron chi connectivity index (χ2n) is 9.88. The van der Waals surface area contributed by atoms with Crippen LogP contribution < -0.4 is 0 Å². The molecule has 0 aromatic heterocycles. The Balaban J connectivity index is 1.37. The molecular formula is C20H33BO6-. The molecule has 0 saturated carbocycles. The average Bonchev–Trinajstić information content (AvgIpc) is 3.18. The van der Waals surface area contributed by atoms with Crippen LogP contribution in [0.15, 0.2) is 0 Å². The highest BCUT2D eigenvalue weighted by molar-refractivity contribution is 6.56. The molecule has 153 valence electrons. The van der Waals surface area contributed by atoms with E-state index in [2.05, 4.69) is 0 Å². The Morgan fingerprint density at radius 3 is 2.07 bits per heavy atom.